The average Bonchev–Trinajstić information content (AvgIpc) is 3.34. The third-order valence-corrected chi connectivity index (χ3v) is 6.64. The Bertz CT molecular complexity index is 620. The summed E-state index contributed by atoms with van der Waals surface area (Å²) in [6.07, 6.45) is 5.04. The Labute approximate surface area is 190 Å². The van der Waals surface area contributed by atoms with Gasteiger partial charge in [-0.15, -0.1) is 0 Å². The molecule has 2 fully saturated rings. The van der Waals surface area contributed by atoms with Gasteiger partial charge in [0.1, 0.15) is 0 Å². The predicted octanol–water partition coefficient (Wildman–Crippen LogP) is 2.80. The fourth-order valence-corrected chi connectivity index (χ4v) is 4.68. The average molecular weight is 429 g/mol. The summed E-state index contributed by atoms with van der Waals surface area (Å²) in [4.78, 5) is 12.7. The van der Waals surface area contributed by atoms with Crippen molar-refractivity contribution in [2.45, 2.75) is 45.6 Å². The first kappa shape index (κ1) is 24.0. The molecule has 2 heterocycles. The smallest absolute Gasteiger partial charge is 0.191 e. The number of hydrogen-bond donors (Lipinski definition) is 2. The summed E-state index contributed by atoms with van der Waals surface area (Å²) in [5, 5.41) is 7.00. The van der Waals surface area contributed by atoms with Crippen molar-refractivity contribution in [3.05, 3.63) is 35.9 Å². The van der Waals surface area contributed by atoms with Crippen molar-refractivity contribution in [1.29, 1.82) is 0 Å². The molecule has 0 radical (unpaired) electrons. The van der Waals surface area contributed by atoms with E-state index in [9.17, 15) is 0 Å². The second kappa shape index (κ2) is 13.7. The van der Waals surface area contributed by atoms with Crippen LogP contribution in [0.1, 0.15) is 51.1 Å². The second-order valence-electron chi connectivity index (χ2n) is 8.80. The molecule has 2 aliphatic heterocycles. The highest BCUT2D eigenvalue weighted by molar-refractivity contribution is 5.79. The Kier molecular flexibility index (Phi) is 10.6. The van der Waals surface area contributed by atoms with Gasteiger partial charge >= 0.3 is 0 Å². The van der Waals surface area contributed by atoms with Gasteiger partial charge in [-0.3, -0.25) is 9.89 Å². The monoisotopic (exact) mass is 428 g/mol. The van der Waals surface area contributed by atoms with Crippen LogP contribution in [0.4, 0.5) is 0 Å². The maximum atomic E-state index is 4.98. The molecule has 174 valence electrons. The van der Waals surface area contributed by atoms with E-state index >= 15 is 0 Å². The van der Waals surface area contributed by atoms with E-state index in [1.54, 1.807) is 0 Å². The molecule has 31 heavy (non-hydrogen) atoms. The molecular weight excluding hydrogens is 384 g/mol. The zero-order valence-corrected chi connectivity index (χ0v) is 19.9. The van der Waals surface area contributed by atoms with Crippen LogP contribution in [-0.2, 0) is 0 Å². The number of nitrogens with zero attached hydrogens (tertiary/aromatic N) is 4. The molecule has 0 bridgehead atoms. The van der Waals surface area contributed by atoms with Crippen LogP contribution in [0.2, 0.25) is 0 Å². The summed E-state index contributed by atoms with van der Waals surface area (Å²) in [6.45, 7) is 16.8. The molecule has 2 N–H and O–H groups in total. The van der Waals surface area contributed by atoms with Crippen LogP contribution in [0.15, 0.2) is 35.3 Å². The molecule has 1 unspecified atom stereocenters. The van der Waals surface area contributed by atoms with E-state index in [1.165, 1.54) is 83.6 Å². The van der Waals surface area contributed by atoms with Crippen molar-refractivity contribution in [2.24, 2.45) is 4.99 Å². The first-order valence-electron chi connectivity index (χ1n) is 12.6. The van der Waals surface area contributed by atoms with E-state index in [2.05, 4.69) is 69.5 Å². The van der Waals surface area contributed by atoms with Gasteiger partial charge in [0, 0.05) is 39.3 Å². The molecule has 2 aliphatic rings. The van der Waals surface area contributed by atoms with Crippen LogP contribution in [-0.4, -0.2) is 92.7 Å². The molecule has 0 spiro atoms. The van der Waals surface area contributed by atoms with Crippen molar-refractivity contribution >= 4 is 5.96 Å². The Morgan fingerprint density at radius 3 is 2.29 bits per heavy atom. The summed E-state index contributed by atoms with van der Waals surface area (Å²) >= 11 is 0. The minimum atomic E-state index is 0.376. The molecule has 1 aromatic carbocycles. The highest BCUT2D eigenvalue weighted by atomic mass is 15.3. The van der Waals surface area contributed by atoms with Gasteiger partial charge in [0.25, 0.3) is 0 Å². The van der Waals surface area contributed by atoms with Crippen LogP contribution >= 0.6 is 0 Å². The van der Waals surface area contributed by atoms with E-state index < -0.39 is 0 Å². The Balaban J connectivity index is 1.43. The van der Waals surface area contributed by atoms with Gasteiger partial charge in [-0.1, -0.05) is 37.3 Å². The van der Waals surface area contributed by atoms with E-state index in [-0.39, 0.29) is 0 Å². The number of benzene rings is 1. The third-order valence-electron chi connectivity index (χ3n) is 6.64. The fourth-order valence-electron chi connectivity index (χ4n) is 4.68. The second-order valence-corrected chi connectivity index (χ2v) is 8.80. The number of unbranched alkanes of at least 4 members (excludes halogenated alkanes) is 1. The van der Waals surface area contributed by atoms with Crippen molar-refractivity contribution in [2.75, 3.05) is 72.0 Å². The molecule has 0 amide bonds. The molecule has 0 aromatic heterocycles. The molecule has 0 aliphatic carbocycles. The number of likely N-dealkylation sites (tertiary alicyclic amines) is 1. The van der Waals surface area contributed by atoms with Gasteiger partial charge in [0.05, 0.1) is 12.6 Å². The zero-order valence-electron chi connectivity index (χ0n) is 19.9. The third kappa shape index (κ3) is 8.09. The first-order chi connectivity index (χ1) is 15.3. The molecule has 6 heteroatoms. The van der Waals surface area contributed by atoms with Gasteiger partial charge in [-0.25, -0.2) is 0 Å². The molecule has 6 nitrogen and oxygen atoms in total. The highest BCUT2D eigenvalue weighted by Crippen LogP contribution is 2.25. The lowest BCUT2D eigenvalue weighted by Gasteiger charge is -2.34. The van der Waals surface area contributed by atoms with E-state index in [1.807, 2.05) is 0 Å². The topological polar surface area (TPSA) is 46.1 Å². The van der Waals surface area contributed by atoms with Gasteiger partial charge in [0.2, 0.25) is 0 Å². The van der Waals surface area contributed by atoms with Gasteiger partial charge in [0.15, 0.2) is 5.96 Å². The number of guanidine groups is 1. The lowest BCUT2D eigenvalue weighted by molar-refractivity contribution is 0.136. The quantitative estimate of drug-likeness (QED) is 0.322. The zero-order chi connectivity index (χ0) is 21.7. The van der Waals surface area contributed by atoms with Crippen LogP contribution < -0.4 is 10.6 Å². The standard InChI is InChI=1S/C25H44N6/c1-3-26-25(27-14-8-9-15-30-20-18-29(4-2)19-21-30)28-22-24(31-16-10-11-17-31)23-12-6-5-7-13-23/h5-7,12-13,24H,3-4,8-11,14-22H2,1-2H3,(H2,26,27,28). The van der Waals surface area contributed by atoms with Crippen molar-refractivity contribution in [3.8, 4) is 0 Å². The summed E-state index contributed by atoms with van der Waals surface area (Å²) < 4.78 is 0. The minimum Gasteiger partial charge on any atom is -0.357 e. The minimum absolute atomic E-state index is 0.376. The Morgan fingerprint density at radius 1 is 0.903 bits per heavy atom. The highest BCUT2D eigenvalue weighted by Gasteiger charge is 2.23. The lowest BCUT2D eigenvalue weighted by atomic mass is 10.1. The van der Waals surface area contributed by atoms with Crippen molar-refractivity contribution in [1.82, 2.24) is 25.3 Å². The largest absolute Gasteiger partial charge is 0.357 e. The summed E-state index contributed by atoms with van der Waals surface area (Å²) in [5.74, 6) is 0.958. The molecule has 1 atom stereocenters. The molecule has 0 saturated carbocycles. The number of nitrogens with one attached hydrogen (secondary N) is 2. The first-order valence-corrected chi connectivity index (χ1v) is 12.6. The molecule has 2 saturated heterocycles. The number of rotatable bonds is 11. The normalized spacial score (nSPS) is 20.1. The summed E-state index contributed by atoms with van der Waals surface area (Å²) in [6, 6.07) is 11.3. The van der Waals surface area contributed by atoms with Crippen LogP contribution in [0, 0.1) is 0 Å². The lowest BCUT2D eigenvalue weighted by Crippen LogP contribution is -2.46. The Morgan fingerprint density at radius 2 is 1.61 bits per heavy atom. The Hall–Kier alpha value is -1.63. The van der Waals surface area contributed by atoms with Crippen molar-refractivity contribution < 1.29 is 0 Å². The van der Waals surface area contributed by atoms with E-state index in [0.717, 1.165) is 25.6 Å². The maximum absolute atomic E-state index is 4.98. The molecular formula is C25H44N6. The molecule has 3 rings (SSSR count). The van der Waals surface area contributed by atoms with Gasteiger partial charge < -0.3 is 20.4 Å². The number of piperazine rings is 1. The van der Waals surface area contributed by atoms with E-state index in [0.29, 0.717) is 6.04 Å². The van der Waals surface area contributed by atoms with Crippen LogP contribution in [0.25, 0.3) is 0 Å². The fraction of sp³-hybridized carbons (Fsp3) is 0.720. The maximum Gasteiger partial charge on any atom is 0.191 e. The number of likely N-dealkylation sites (N-methyl/N-ethyl adjacent to an activating group) is 1. The summed E-state index contributed by atoms with van der Waals surface area (Å²) in [7, 11) is 0. The number of aliphatic imine (C=N–C) groups is 1. The molecule has 1 aromatic rings. The van der Waals surface area contributed by atoms with Gasteiger partial charge in [-0.2, -0.15) is 0 Å². The van der Waals surface area contributed by atoms with Crippen molar-refractivity contribution in [3.63, 3.8) is 0 Å². The number of hydrogen-bond acceptors (Lipinski definition) is 4. The predicted molar refractivity (Wildman–Crippen MR) is 132 cm³/mol. The SMILES string of the molecule is CCNC(=NCC(c1ccccc1)N1CCCC1)NCCCCN1CCN(CC)CC1. The van der Waals surface area contributed by atoms with Crippen LogP contribution in [0.5, 0.6) is 0 Å². The van der Waals surface area contributed by atoms with E-state index in [4.69, 9.17) is 4.99 Å². The van der Waals surface area contributed by atoms with Gasteiger partial charge in [-0.05, 0) is 64.3 Å². The summed E-state index contributed by atoms with van der Waals surface area (Å²) in [5.41, 5.74) is 1.38. The van der Waals surface area contributed by atoms with Crippen LogP contribution in [0.3, 0.4) is 0 Å².